The Hall–Kier alpha value is -4.10. The molecule has 3 atom stereocenters. The molecule has 2 aliphatic heterocycles. The van der Waals surface area contributed by atoms with E-state index in [1.807, 2.05) is 11.8 Å². The molecule has 41 heavy (non-hydrogen) atoms. The van der Waals surface area contributed by atoms with E-state index in [2.05, 4.69) is 40.8 Å². The number of nitrogens with one attached hydrogen (secondary N) is 2. The number of piperidine rings is 1. The largest absolute Gasteiger partial charge is 0.487 e. The van der Waals surface area contributed by atoms with Gasteiger partial charge in [0.25, 0.3) is 5.95 Å². The molecule has 3 aromatic rings. The van der Waals surface area contributed by atoms with Crippen LogP contribution in [0.4, 0.5) is 25.5 Å². The number of carbonyl (C=O) groups excluding carboxylic acids is 1. The van der Waals surface area contributed by atoms with Crippen LogP contribution >= 0.6 is 0 Å². The molecular weight excluding hydrogens is 536 g/mol. The molecular formula is C27H35F2N9O3. The molecule has 2 aliphatic rings. The maximum absolute atomic E-state index is 14.8. The number of halogens is 2. The first-order chi connectivity index (χ1) is 19.6. The molecule has 5 rings (SSSR count). The first kappa shape index (κ1) is 28.4. The summed E-state index contributed by atoms with van der Waals surface area (Å²) in [6.07, 6.45) is 4.39. The van der Waals surface area contributed by atoms with Crippen LogP contribution in [-0.2, 0) is 4.74 Å². The maximum atomic E-state index is 14.8. The van der Waals surface area contributed by atoms with Crippen LogP contribution in [-0.4, -0.2) is 80.6 Å². The summed E-state index contributed by atoms with van der Waals surface area (Å²) in [7, 11) is 0. The normalized spacial score (nSPS) is 20.6. The lowest BCUT2D eigenvalue weighted by Crippen LogP contribution is -2.43. The lowest BCUT2D eigenvalue weighted by molar-refractivity contribution is 0.0504. The van der Waals surface area contributed by atoms with Gasteiger partial charge in [0, 0.05) is 32.1 Å². The molecule has 2 saturated heterocycles. The quantitative estimate of drug-likeness (QED) is 0.434. The second kappa shape index (κ2) is 11.8. The van der Waals surface area contributed by atoms with E-state index in [0.717, 1.165) is 38.1 Å². The van der Waals surface area contributed by atoms with Crippen molar-refractivity contribution in [3.05, 3.63) is 47.8 Å². The summed E-state index contributed by atoms with van der Waals surface area (Å²) in [5, 5.41) is 17.0. The summed E-state index contributed by atoms with van der Waals surface area (Å²) in [6.45, 7) is 9.50. The first-order valence-electron chi connectivity index (χ1n) is 13.7. The van der Waals surface area contributed by atoms with Crippen molar-refractivity contribution in [2.24, 2.45) is 5.92 Å². The molecule has 12 nitrogen and oxygen atoms in total. The molecule has 2 N–H and O–H groups in total. The molecule has 0 aliphatic carbocycles. The lowest BCUT2D eigenvalue weighted by atomic mass is 9.92. The van der Waals surface area contributed by atoms with Gasteiger partial charge in [-0.2, -0.15) is 5.21 Å². The highest BCUT2D eigenvalue weighted by Crippen LogP contribution is 2.33. The van der Waals surface area contributed by atoms with Crippen molar-refractivity contribution >= 4 is 18.0 Å². The van der Waals surface area contributed by atoms with E-state index in [9.17, 15) is 13.6 Å². The van der Waals surface area contributed by atoms with Gasteiger partial charge in [-0.1, -0.05) is 5.10 Å². The molecule has 0 unspecified atom stereocenters. The van der Waals surface area contributed by atoms with Gasteiger partial charge in [-0.05, 0) is 75.4 Å². The van der Waals surface area contributed by atoms with Crippen LogP contribution in [0.5, 0.6) is 5.75 Å². The molecule has 0 spiro atoms. The van der Waals surface area contributed by atoms with Crippen molar-refractivity contribution < 1.29 is 23.0 Å². The highest BCUT2D eigenvalue weighted by atomic mass is 19.1. The molecule has 0 radical (unpaired) electrons. The van der Waals surface area contributed by atoms with Crippen LogP contribution in [0.25, 0.3) is 0 Å². The van der Waals surface area contributed by atoms with Crippen molar-refractivity contribution in [2.45, 2.75) is 64.2 Å². The van der Waals surface area contributed by atoms with Crippen molar-refractivity contribution in [2.75, 3.05) is 36.0 Å². The molecule has 2 aromatic heterocycles. The average molecular weight is 572 g/mol. The van der Waals surface area contributed by atoms with E-state index in [4.69, 9.17) is 9.47 Å². The Kier molecular flexibility index (Phi) is 8.18. The topological polar surface area (TPSA) is 134 Å². The van der Waals surface area contributed by atoms with Crippen molar-refractivity contribution in [1.82, 2.24) is 35.9 Å². The minimum Gasteiger partial charge on any atom is -0.487 e. The third-order valence-electron chi connectivity index (χ3n) is 7.42. The number of aromatic amines is 1. The van der Waals surface area contributed by atoms with Gasteiger partial charge in [0.1, 0.15) is 17.2 Å². The standard InChI is InChI=1S/C27H35F2N9O3/c1-16(17-7-9-37(10-8-17)25-33-35-36-34-25)40-19-12-30-24(31-13-19)38-14-21(20-11-18(28)5-6-22(20)29)23(15-38)32-26(39)41-27(2,3)4/h5-6,11-13,16-17,21,23H,7-10,14-15H2,1-4H3,(H,32,39)(H,33,34,35,36)/t16-,21+,23-/m0/s1. The highest BCUT2D eigenvalue weighted by molar-refractivity contribution is 5.68. The van der Waals surface area contributed by atoms with Crippen LogP contribution in [0.15, 0.2) is 30.6 Å². The van der Waals surface area contributed by atoms with Gasteiger partial charge < -0.3 is 24.6 Å². The van der Waals surface area contributed by atoms with E-state index < -0.39 is 35.3 Å². The van der Waals surface area contributed by atoms with Gasteiger partial charge in [-0.3, -0.25) is 0 Å². The second-order valence-corrected chi connectivity index (χ2v) is 11.5. The number of carbonyl (C=O) groups is 1. The van der Waals surface area contributed by atoms with Gasteiger partial charge in [0.15, 0.2) is 5.75 Å². The Labute approximate surface area is 236 Å². The number of H-pyrrole nitrogens is 1. The van der Waals surface area contributed by atoms with E-state index in [0.29, 0.717) is 23.6 Å². The number of hydrogen-bond donors (Lipinski definition) is 2. The zero-order chi connectivity index (χ0) is 29.1. The average Bonchev–Trinajstić information content (AvgIpc) is 3.60. The fourth-order valence-corrected chi connectivity index (χ4v) is 5.39. The predicted octanol–water partition coefficient (Wildman–Crippen LogP) is 3.45. The van der Waals surface area contributed by atoms with Crippen LogP contribution in [0, 0.1) is 17.6 Å². The summed E-state index contributed by atoms with van der Waals surface area (Å²) in [6, 6.07) is 2.77. The van der Waals surface area contributed by atoms with Gasteiger partial charge in [0.05, 0.1) is 24.5 Å². The number of ether oxygens (including phenoxy) is 2. The summed E-state index contributed by atoms with van der Waals surface area (Å²) in [5.74, 6) is 0.244. The number of anilines is 2. The van der Waals surface area contributed by atoms with Crippen LogP contribution in [0.3, 0.4) is 0 Å². The zero-order valence-corrected chi connectivity index (χ0v) is 23.5. The number of tetrazole rings is 1. The molecule has 1 amide bonds. The Morgan fingerprint density at radius 1 is 1.10 bits per heavy atom. The highest BCUT2D eigenvalue weighted by Gasteiger charge is 2.38. The molecule has 1 aromatic carbocycles. The number of benzene rings is 1. The predicted molar refractivity (Wildman–Crippen MR) is 146 cm³/mol. The smallest absolute Gasteiger partial charge is 0.407 e. The van der Waals surface area contributed by atoms with Crippen molar-refractivity contribution in [3.63, 3.8) is 0 Å². The number of amides is 1. The van der Waals surface area contributed by atoms with Crippen LogP contribution in [0.2, 0.25) is 0 Å². The van der Waals surface area contributed by atoms with Gasteiger partial charge in [-0.25, -0.2) is 23.5 Å². The summed E-state index contributed by atoms with van der Waals surface area (Å²) >= 11 is 0. The zero-order valence-electron chi connectivity index (χ0n) is 23.5. The van der Waals surface area contributed by atoms with Crippen LogP contribution < -0.4 is 19.9 Å². The molecule has 14 heteroatoms. The Bertz CT molecular complexity index is 1310. The van der Waals surface area contributed by atoms with Gasteiger partial charge in [0.2, 0.25) is 5.95 Å². The number of hydrogen-bond acceptors (Lipinski definition) is 10. The maximum Gasteiger partial charge on any atom is 0.407 e. The Morgan fingerprint density at radius 2 is 1.83 bits per heavy atom. The molecule has 0 saturated carbocycles. The third-order valence-corrected chi connectivity index (χ3v) is 7.42. The van der Waals surface area contributed by atoms with Gasteiger partial charge in [-0.15, -0.1) is 5.10 Å². The first-order valence-corrected chi connectivity index (χ1v) is 13.7. The minimum atomic E-state index is -0.705. The van der Waals surface area contributed by atoms with Crippen molar-refractivity contribution in [3.8, 4) is 5.75 Å². The van der Waals surface area contributed by atoms with E-state index in [1.165, 1.54) is 6.07 Å². The van der Waals surface area contributed by atoms with E-state index >= 15 is 0 Å². The molecule has 0 bridgehead atoms. The van der Waals surface area contributed by atoms with E-state index in [1.54, 1.807) is 33.2 Å². The SMILES string of the molecule is C[C@H](Oc1cnc(N2C[C@H](NC(=O)OC(C)(C)C)[C@@H](c3cc(F)ccc3F)C2)nc1)C1CCN(c2nn[nH]n2)CC1. The summed E-state index contributed by atoms with van der Waals surface area (Å²) in [4.78, 5) is 25.5. The summed E-state index contributed by atoms with van der Waals surface area (Å²) < 4.78 is 40.4. The second-order valence-electron chi connectivity index (χ2n) is 11.5. The number of rotatable bonds is 7. The lowest BCUT2D eigenvalue weighted by Gasteiger charge is -2.34. The monoisotopic (exact) mass is 571 g/mol. The molecule has 220 valence electrons. The third kappa shape index (κ3) is 6.98. The van der Waals surface area contributed by atoms with Gasteiger partial charge >= 0.3 is 6.09 Å². The van der Waals surface area contributed by atoms with Crippen LogP contribution in [0.1, 0.15) is 52.0 Å². The number of nitrogens with zero attached hydrogens (tertiary/aromatic N) is 7. The van der Waals surface area contributed by atoms with E-state index in [-0.39, 0.29) is 24.8 Å². The molecule has 2 fully saturated rings. The Balaban J connectivity index is 1.23. The fourth-order valence-electron chi connectivity index (χ4n) is 5.39. The molecule has 4 heterocycles. The Morgan fingerprint density at radius 3 is 2.49 bits per heavy atom. The summed E-state index contributed by atoms with van der Waals surface area (Å²) in [5.41, 5.74) is -0.531. The fraction of sp³-hybridized carbons (Fsp3) is 0.556. The van der Waals surface area contributed by atoms with Crippen molar-refractivity contribution in [1.29, 1.82) is 0 Å². The number of aromatic nitrogens is 6. The number of alkyl carbamates (subject to hydrolysis) is 1. The minimum absolute atomic E-state index is 0.0496.